The van der Waals surface area contributed by atoms with E-state index in [-0.39, 0.29) is 24.2 Å². The van der Waals surface area contributed by atoms with Gasteiger partial charge in [-0.15, -0.1) is 0 Å². The molecule has 0 radical (unpaired) electrons. The number of likely N-dealkylation sites (N-methyl/N-ethyl adjacent to an activating group) is 2. The van der Waals surface area contributed by atoms with Gasteiger partial charge in [-0.2, -0.15) is 0 Å². The Kier molecular flexibility index (Phi) is 5.58. The Morgan fingerprint density at radius 2 is 1.82 bits per heavy atom. The molecule has 0 saturated carbocycles. The molecule has 0 aromatic heterocycles. The normalized spacial score (nSPS) is 19.1. The number of Topliss-reactive ketones (excluding diaryl/α,β-unsaturated/α-hetero) is 1. The highest BCUT2D eigenvalue weighted by Crippen LogP contribution is 2.05. The topological polar surface area (TPSA) is 52.6 Å². The number of nitrogens with zero attached hydrogens (tertiary/aromatic N) is 2. The number of carbonyl (C=O) groups is 2. The fourth-order valence-corrected chi connectivity index (χ4v) is 2.07. The second-order valence-corrected chi connectivity index (χ2v) is 4.47. The summed E-state index contributed by atoms with van der Waals surface area (Å²) in [6.45, 7) is 8.11. The summed E-state index contributed by atoms with van der Waals surface area (Å²) in [5, 5.41) is 2.88. The van der Waals surface area contributed by atoms with E-state index in [4.69, 9.17) is 0 Å². The van der Waals surface area contributed by atoms with Crippen molar-refractivity contribution >= 4 is 11.7 Å². The Labute approximate surface area is 103 Å². The third-order valence-corrected chi connectivity index (χ3v) is 3.39. The van der Waals surface area contributed by atoms with Crippen LogP contribution in [0, 0.1) is 0 Å². The molecule has 0 unspecified atom stereocenters. The van der Waals surface area contributed by atoms with Crippen molar-refractivity contribution in [2.24, 2.45) is 0 Å². The zero-order valence-electron chi connectivity index (χ0n) is 11.0. The van der Waals surface area contributed by atoms with Crippen LogP contribution >= 0.6 is 0 Å². The summed E-state index contributed by atoms with van der Waals surface area (Å²) >= 11 is 0. The quantitative estimate of drug-likeness (QED) is 0.719. The van der Waals surface area contributed by atoms with Crippen LogP contribution < -0.4 is 5.32 Å². The number of nitrogens with one attached hydrogen (secondary N) is 1. The first kappa shape index (κ1) is 14.1. The zero-order valence-corrected chi connectivity index (χ0v) is 11.0. The summed E-state index contributed by atoms with van der Waals surface area (Å²) in [6.07, 6.45) is 0.276. The van der Waals surface area contributed by atoms with E-state index in [1.807, 2.05) is 4.90 Å². The van der Waals surface area contributed by atoms with Crippen molar-refractivity contribution in [2.75, 3.05) is 39.8 Å². The number of piperazine rings is 1. The van der Waals surface area contributed by atoms with Gasteiger partial charge in [0.2, 0.25) is 5.91 Å². The molecule has 1 N–H and O–H groups in total. The van der Waals surface area contributed by atoms with Crippen molar-refractivity contribution < 1.29 is 9.59 Å². The predicted molar refractivity (Wildman–Crippen MR) is 66.8 cm³/mol. The molecule has 1 amide bonds. The number of carbonyl (C=O) groups excluding carboxylic acids is 2. The van der Waals surface area contributed by atoms with E-state index >= 15 is 0 Å². The van der Waals surface area contributed by atoms with Crippen molar-refractivity contribution in [3.63, 3.8) is 0 Å². The Hall–Kier alpha value is -0.940. The van der Waals surface area contributed by atoms with E-state index in [1.165, 1.54) is 6.92 Å². The van der Waals surface area contributed by atoms with Gasteiger partial charge in [0.25, 0.3) is 0 Å². The van der Waals surface area contributed by atoms with Crippen LogP contribution in [-0.2, 0) is 9.59 Å². The van der Waals surface area contributed by atoms with E-state index in [0.29, 0.717) is 0 Å². The van der Waals surface area contributed by atoms with Crippen LogP contribution in [0.2, 0.25) is 0 Å². The first-order valence-corrected chi connectivity index (χ1v) is 6.26. The van der Waals surface area contributed by atoms with Crippen molar-refractivity contribution in [3.8, 4) is 0 Å². The highest BCUT2D eigenvalue weighted by molar-refractivity contribution is 5.88. The summed E-state index contributed by atoms with van der Waals surface area (Å²) in [4.78, 5) is 27.4. The zero-order chi connectivity index (χ0) is 12.8. The van der Waals surface area contributed by atoms with Crippen molar-refractivity contribution in [1.29, 1.82) is 0 Å². The van der Waals surface area contributed by atoms with Gasteiger partial charge in [-0.1, -0.05) is 6.92 Å². The van der Waals surface area contributed by atoms with E-state index in [1.54, 1.807) is 7.05 Å². The molecule has 5 heteroatoms. The Morgan fingerprint density at radius 3 is 2.24 bits per heavy atom. The monoisotopic (exact) mass is 241 g/mol. The van der Waals surface area contributed by atoms with Gasteiger partial charge in [-0.25, -0.2) is 0 Å². The van der Waals surface area contributed by atoms with Crippen LogP contribution in [0.3, 0.4) is 0 Å². The smallest absolute Gasteiger partial charge is 0.224 e. The first-order chi connectivity index (χ1) is 8.08. The maximum absolute atomic E-state index is 12.0. The predicted octanol–water partition coefficient (Wildman–Crippen LogP) is -0.282. The molecule has 1 aliphatic rings. The lowest BCUT2D eigenvalue weighted by Gasteiger charge is -2.34. The first-order valence-electron chi connectivity index (χ1n) is 6.26. The minimum Gasteiger partial charge on any atom is -0.340 e. The van der Waals surface area contributed by atoms with Crippen LogP contribution in [-0.4, -0.2) is 67.3 Å². The molecule has 1 rings (SSSR count). The molecule has 1 fully saturated rings. The lowest BCUT2D eigenvalue weighted by atomic mass is 10.1. The van der Waals surface area contributed by atoms with Crippen molar-refractivity contribution in [2.45, 2.75) is 26.3 Å². The van der Waals surface area contributed by atoms with E-state index in [2.05, 4.69) is 17.1 Å². The molecular weight excluding hydrogens is 218 g/mol. The van der Waals surface area contributed by atoms with Crippen LogP contribution in [0.5, 0.6) is 0 Å². The average Bonchev–Trinajstić information content (AvgIpc) is 2.35. The summed E-state index contributed by atoms with van der Waals surface area (Å²) in [5.74, 6) is 0.100. The molecule has 1 heterocycles. The maximum Gasteiger partial charge on any atom is 0.224 e. The average molecular weight is 241 g/mol. The number of hydrogen-bond acceptors (Lipinski definition) is 4. The summed E-state index contributed by atoms with van der Waals surface area (Å²) < 4.78 is 0. The number of hydrogen-bond donors (Lipinski definition) is 1. The van der Waals surface area contributed by atoms with Gasteiger partial charge in [0, 0.05) is 32.6 Å². The molecule has 5 nitrogen and oxygen atoms in total. The van der Waals surface area contributed by atoms with E-state index in [0.717, 1.165) is 32.7 Å². The highest BCUT2D eigenvalue weighted by Gasteiger charge is 2.23. The second kappa shape index (κ2) is 6.71. The molecule has 0 aromatic carbocycles. The number of rotatable bonds is 5. The Bertz CT molecular complexity index is 273. The van der Waals surface area contributed by atoms with Crippen molar-refractivity contribution in [1.82, 2.24) is 15.1 Å². The molecule has 1 atom stereocenters. The Balaban J connectivity index is 2.41. The van der Waals surface area contributed by atoms with Gasteiger partial charge in [-0.3, -0.25) is 9.59 Å². The third kappa shape index (κ3) is 4.09. The van der Waals surface area contributed by atoms with Gasteiger partial charge in [0.05, 0.1) is 6.04 Å². The molecule has 0 aliphatic carbocycles. The molecule has 17 heavy (non-hydrogen) atoms. The molecule has 0 spiro atoms. The van der Waals surface area contributed by atoms with Gasteiger partial charge in [0.1, 0.15) is 5.78 Å². The largest absolute Gasteiger partial charge is 0.340 e. The van der Waals surface area contributed by atoms with Crippen LogP contribution in [0.25, 0.3) is 0 Å². The van der Waals surface area contributed by atoms with Gasteiger partial charge in [0.15, 0.2) is 0 Å². The maximum atomic E-state index is 12.0. The molecule has 0 bridgehead atoms. The van der Waals surface area contributed by atoms with Crippen LogP contribution in [0.15, 0.2) is 0 Å². The van der Waals surface area contributed by atoms with Gasteiger partial charge < -0.3 is 15.1 Å². The lowest BCUT2D eigenvalue weighted by Crippen LogP contribution is -2.50. The standard InChI is InChI=1S/C12H23N3O2/c1-4-14-5-7-15(8-6-14)12(17)9-11(13-3)10(2)16/h11,13H,4-9H2,1-3H3/t11-/m0/s1. The van der Waals surface area contributed by atoms with E-state index in [9.17, 15) is 9.59 Å². The molecule has 98 valence electrons. The minimum absolute atomic E-state index is 0.0213. The fourth-order valence-electron chi connectivity index (χ4n) is 2.07. The Morgan fingerprint density at radius 1 is 1.24 bits per heavy atom. The molecule has 1 saturated heterocycles. The number of ketones is 1. The van der Waals surface area contributed by atoms with Crippen LogP contribution in [0.4, 0.5) is 0 Å². The second-order valence-electron chi connectivity index (χ2n) is 4.47. The van der Waals surface area contributed by atoms with Gasteiger partial charge in [-0.05, 0) is 20.5 Å². The SMILES string of the molecule is CCN1CCN(C(=O)C[C@H](NC)C(C)=O)CC1. The lowest BCUT2D eigenvalue weighted by molar-refractivity contribution is -0.135. The van der Waals surface area contributed by atoms with Gasteiger partial charge >= 0.3 is 0 Å². The number of amides is 1. The van der Waals surface area contributed by atoms with E-state index < -0.39 is 0 Å². The third-order valence-electron chi connectivity index (χ3n) is 3.39. The highest BCUT2D eigenvalue weighted by atomic mass is 16.2. The molecule has 1 aliphatic heterocycles. The van der Waals surface area contributed by atoms with Crippen LogP contribution in [0.1, 0.15) is 20.3 Å². The molecular formula is C12H23N3O2. The summed E-state index contributed by atoms with van der Waals surface area (Å²) in [6, 6.07) is -0.341. The fraction of sp³-hybridized carbons (Fsp3) is 0.833. The summed E-state index contributed by atoms with van der Waals surface area (Å²) in [7, 11) is 1.72. The molecule has 0 aromatic rings. The summed E-state index contributed by atoms with van der Waals surface area (Å²) in [5.41, 5.74) is 0. The minimum atomic E-state index is -0.341. The van der Waals surface area contributed by atoms with Crippen molar-refractivity contribution in [3.05, 3.63) is 0 Å².